The highest BCUT2D eigenvalue weighted by Gasteiger charge is 2.36. The van der Waals surface area contributed by atoms with Crippen LogP contribution in [0.25, 0.3) is 0 Å². The molecule has 0 atom stereocenters. The van der Waals surface area contributed by atoms with Gasteiger partial charge >= 0.3 is 0 Å². The molecule has 0 unspecified atom stereocenters. The van der Waals surface area contributed by atoms with E-state index in [2.05, 4.69) is 4.72 Å². The van der Waals surface area contributed by atoms with E-state index in [-0.39, 0.29) is 17.1 Å². The van der Waals surface area contributed by atoms with Crippen LogP contribution in [0, 0.1) is 5.92 Å². The summed E-state index contributed by atoms with van der Waals surface area (Å²) in [5.74, 6) is 0.493. The second-order valence-corrected chi connectivity index (χ2v) is 8.57. The number of anilines is 1. The van der Waals surface area contributed by atoms with Gasteiger partial charge in [-0.25, -0.2) is 8.42 Å². The molecule has 2 aliphatic carbocycles. The van der Waals surface area contributed by atoms with Crippen LogP contribution in [0.15, 0.2) is 18.2 Å². The molecule has 2 saturated carbocycles. The minimum absolute atomic E-state index is 0.225. The topological polar surface area (TPSA) is 66.5 Å². The molecule has 1 aromatic rings. The molecule has 3 aliphatic rings. The van der Waals surface area contributed by atoms with Crippen LogP contribution in [0.5, 0.6) is 0 Å². The Morgan fingerprint density at radius 3 is 2.59 bits per heavy atom. The molecule has 1 N–H and O–H groups in total. The van der Waals surface area contributed by atoms with Crippen LogP contribution in [-0.4, -0.2) is 31.0 Å². The van der Waals surface area contributed by atoms with E-state index in [0.717, 1.165) is 44.2 Å². The highest BCUT2D eigenvalue weighted by atomic mass is 32.2. The van der Waals surface area contributed by atoms with Gasteiger partial charge in [-0.15, -0.1) is 0 Å². The Balaban J connectivity index is 1.53. The molecule has 5 nitrogen and oxygen atoms in total. The molecule has 0 bridgehead atoms. The zero-order chi connectivity index (χ0) is 15.3. The molecule has 22 heavy (non-hydrogen) atoms. The normalized spacial score (nSPS) is 21.4. The van der Waals surface area contributed by atoms with Crippen LogP contribution in [-0.2, 0) is 27.8 Å². The van der Waals surface area contributed by atoms with Gasteiger partial charge in [-0.1, -0.05) is 6.07 Å². The summed E-state index contributed by atoms with van der Waals surface area (Å²) in [4.78, 5) is 14.1. The van der Waals surface area contributed by atoms with Crippen molar-refractivity contribution in [2.45, 2.75) is 43.9 Å². The number of nitrogens with one attached hydrogen (secondary N) is 1. The maximum Gasteiger partial charge on any atom is 0.235 e. The van der Waals surface area contributed by atoms with Crippen LogP contribution in [0.3, 0.4) is 0 Å². The molecule has 1 amide bonds. The smallest absolute Gasteiger partial charge is 0.235 e. The number of sulfonamides is 1. The number of amides is 1. The number of nitrogens with zero attached hydrogens (tertiary/aromatic N) is 1. The van der Waals surface area contributed by atoms with Gasteiger partial charge in [0.05, 0.1) is 5.25 Å². The van der Waals surface area contributed by atoms with Crippen molar-refractivity contribution in [2.24, 2.45) is 5.92 Å². The summed E-state index contributed by atoms with van der Waals surface area (Å²) in [7, 11) is -3.23. The first-order chi connectivity index (χ1) is 10.5. The molecule has 1 aliphatic heterocycles. The summed E-state index contributed by atoms with van der Waals surface area (Å²) in [6, 6.07) is 5.71. The van der Waals surface area contributed by atoms with Gasteiger partial charge in [0.2, 0.25) is 15.9 Å². The third-order valence-corrected chi connectivity index (χ3v) is 6.55. The quantitative estimate of drug-likeness (QED) is 0.921. The van der Waals surface area contributed by atoms with Crippen molar-refractivity contribution >= 4 is 21.6 Å². The van der Waals surface area contributed by atoms with Crippen molar-refractivity contribution in [1.82, 2.24) is 4.90 Å². The Kier molecular flexibility index (Phi) is 3.18. The van der Waals surface area contributed by atoms with E-state index >= 15 is 0 Å². The Morgan fingerprint density at radius 1 is 1.14 bits per heavy atom. The number of carbonyl (C=O) groups excluding carboxylic acids is 1. The summed E-state index contributed by atoms with van der Waals surface area (Å²) < 4.78 is 26.7. The first kappa shape index (κ1) is 14.1. The fourth-order valence-electron chi connectivity index (χ4n) is 3.02. The molecular weight excluding hydrogens is 300 g/mol. The average Bonchev–Trinajstić information content (AvgIpc) is 3.38. The summed E-state index contributed by atoms with van der Waals surface area (Å²) in [5.41, 5.74) is 2.90. The lowest BCUT2D eigenvalue weighted by atomic mass is 9.99. The molecule has 118 valence electrons. The average molecular weight is 320 g/mol. The monoisotopic (exact) mass is 320 g/mol. The van der Waals surface area contributed by atoms with E-state index < -0.39 is 10.0 Å². The number of carbonyl (C=O) groups is 1. The zero-order valence-corrected chi connectivity index (χ0v) is 13.2. The van der Waals surface area contributed by atoms with E-state index in [1.54, 1.807) is 0 Å². The SMILES string of the molecule is O=C(C1CC1)N1CCc2ccc(NS(=O)(=O)C3CC3)cc2C1. The first-order valence-corrected chi connectivity index (χ1v) is 9.50. The molecule has 2 fully saturated rings. The predicted molar refractivity (Wildman–Crippen MR) is 83.9 cm³/mol. The molecular formula is C16H20N2O3S. The predicted octanol–water partition coefficient (Wildman–Crippen LogP) is 1.89. The van der Waals surface area contributed by atoms with Crippen LogP contribution in [0.2, 0.25) is 0 Å². The molecule has 0 radical (unpaired) electrons. The lowest BCUT2D eigenvalue weighted by Crippen LogP contribution is -2.36. The van der Waals surface area contributed by atoms with E-state index in [4.69, 9.17) is 0 Å². The molecule has 0 spiro atoms. The van der Waals surface area contributed by atoms with Crippen molar-refractivity contribution in [3.8, 4) is 0 Å². The number of hydrogen-bond acceptors (Lipinski definition) is 3. The summed E-state index contributed by atoms with van der Waals surface area (Å²) in [6.07, 6.45) is 4.39. The van der Waals surface area contributed by atoms with Gasteiger partial charge in [-0.2, -0.15) is 0 Å². The second kappa shape index (κ2) is 4.98. The maximum atomic E-state index is 12.2. The number of rotatable bonds is 4. The van der Waals surface area contributed by atoms with E-state index in [1.807, 2.05) is 23.1 Å². The van der Waals surface area contributed by atoms with Gasteiger partial charge < -0.3 is 4.90 Å². The third kappa shape index (κ3) is 2.72. The number of fused-ring (bicyclic) bond motifs is 1. The zero-order valence-electron chi connectivity index (χ0n) is 12.4. The highest BCUT2D eigenvalue weighted by Crippen LogP contribution is 2.34. The summed E-state index contributed by atoms with van der Waals surface area (Å²) >= 11 is 0. The fraction of sp³-hybridized carbons (Fsp3) is 0.562. The highest BCUT2D eigenvalue weighted by molar-refractivity contribution is 7.93. The largest absolute Gasteiger partial charge is 0.338 e. The Labute approximate surface area is 130 Å². The minimum atomic E-state index is -3.23. The minimum Gasteiger partial charge on any atom is -0.338 e. The van der Waals surface area contributed by atoms with Gasteiger partial charge in [-0.3, -0.25) is 9.52 Å². The van der Waals surface area contributed by atoms with Crippen LogP contribution in [0.4, 0.5) is 5.69 Å². The molecule has 4 rings (SSSR count). The lowest BCUT2D eigenvalue weighted by Gasteiger charge is -2.29. The summed E-state index contributed by atoms with van der Waals surface area (Å²) in [5, 5.41) is -0.225. The van der Waals surface area contributed by atoms with Gasteiger partial charge in [0.15, 0.2) is 0 Å². The van der Waals surface area contributed by atoms with E-state index in [9.17, 15) is 13.2 Å². The fourth-order valence-corrected chi connectivity index (χ4v) is 4.40. The Hall–Kier alpha value is -1.56. The van der Waals surface area contributed by atoms with Crippen molar-refractivity contribution in [3.05, 3.63) is 29.3 Å². The third-order valence-electron chi connectivity index (χ3n) is 4.68. The Morgan fingerprint density at radius 2 is 1.91 bits per heavy atom. The number of hydrogen-bond donors (Lipinski definition) is 1. The van der Waals surface area contributed by atoms with Crippen molar-refractivity contribution in [1.29, 1.82) is 0 Å². The molecule has 6 heteroatoms. The Bertz CT molecular complexity index is 721. The molecule has 1 heterocycles. The van der Waals surface area contributed by atoms with Crippen LogP contribution < -0.4 is 4.72 Å². The van der Waals surface area contributed by atoms with Gasteiger partial charge in [0.1, 0.15) is 0 Å². The lowest BCUT2D eigenvalue weighted by molar-refractivity contribution is -0.133. The van der Waals surface area contributed by atoms with Gasteiger partial charge in [0.25, 0.3) is 0 Å². The van der Waals surface area contributed by atoms with Crippen molar-refractivity contribution < 1.29 is 13.2 Å². The van der Waals surface area contributed by atoms with Crippen LogP contribution in [0.1, 0.15) is 36.8 Å². The van der Waals surface area contributed by atoms with Crippen LogP contribution >= 0.6 is 0 Å². The second-order valence-electron chi connectivity index (χ2n) is 6.61. The maximum absolute atomic E-state index is 12.2. The molecule has 0 aromatic heterocycles. The molecule has 1 aromatic carbocycles. The van der Waals surface area contributed by atoms with Crippen molar-refractivity contribution in [3.63, 3.8) is 0 Å². The first-order valence-electron chi connectivity index (χ1n) is 7.95. The van der Waals surface area contributed by atoms with E-state index in [1.165, 1.54) is 5.56 Å². The van der Waals surface area contributed by atoms with Gasteiger partial charge in [0, 0.05) is 24.7 Å². The summed E-state index contributed by atoms with van der Waals surface area (Å²) in [6.45, 7) is 1.37. The molecule has 0 saturated heterocycles. The van der Waals surface area contributed by atoms with Crippen molar-refractivity contribution in [2.75, 3.05) is 11.3 Å². The standard InChI is InChI=1S/C16H20N2O3S/c19-16(12-1-2-12)18-8-7-11-3-4-14(9-13(11)10-18)17-22(20,21)15-5-6-15/h3-4,9,12,15,17H,1-2,5-8,10H2. The van der Waals surface area contributed by atoms with E-state index in [0.29, 0.717) is 12.2 Å². The van der Waals surface area contributed by atoms with Gasteiger partial charge in [-0.05, 0) is 55.4 Å². The number of benzene rings is 1.